The molecule has 0 aromatic heterocycles. The highest BCUT2D eigenvalue weighted by Gasteiger charge is 2.43. The van der Waals surface area contributed by atoms with E-state index < -0.39 is 34.9 Å². The molecular weight excluding hydrogens is 530 g/mol. The van der Waals surface area contributed by atoms with Crippen molar-refractivity contribution >= 4 is 46.7 Å². The summed E-state index contributed by atoms with van der Waals surface area (Å²) in [4.78, 5) is 67.5. The maximum Gasteiger partial charge on any atom is 0.293 e. The molecule has 0 aliphatic carbocycles. The van der Waals surface area contributed by atoms with Crippen LogP contribution in [0.25, 0.3) is 6.08 Å². The fourth-order valence-corrected chi connectivity index (χ4v) is 5.45. The van der Waals surface area contributed by atoms with Crippen molar-refractivity contribution in [3.8, 4) is 5.75 Å². The van der Waals surface area contributed by atoms with E-state index in [-0.39, 0.29) is 35.5 Å². The molecule has 1 saturated heterocycles. The summed E-state index contributed by atoms with van der Waals surface area (Å²) in [6, 6.07) is 21.5. The normalized spacial score (nSPS) is 16.5. The second-order valence-electron chi connectivity index (χ2n) is 9.13. The van der Waals surface area contributed by atoms with Crippen LogP contribution in [0, 0.1) is 0 Å². The van der Waals surface area contributed by atoms with E-state index in [1.54, 1.807) is 61.7 Å². The van der Waals surface area contributed by atoms with Crippen LogP contribution in [0.2, 0.25) is 0 Å². The molecule has 0 saturated carbocycles. The number of methoxy groups -OCH3 is 1. The number of rotatable bonds is 9. The number of ether oxygens (including phenoxy) is 1. The Morgan fingerprint density at radius 2 is 1.50 bits per heavy atom. The molecule has 40 heavy (non-hydrogen) atoms. The van der Waals surface area contributed by atoms with Crippen LogP contribution >= 0.6 is 11.8 Å². The Hall–Kier alpha value is -4.70. The van der Waals surface area contributed by atoms with E-state index in [0.29, 0.717) is 5.75 Å². The van der Waals surface area contributed by atoms with E-state index in [2.05, 4.69) is 5.32 Å². The number of hydrogen-bond acceptors (Lipinski definition) is 7. The third-order valence-corrected chi connectivity index (χ3v) is 7.54. The molecule has 5 amide bonds. The Labute approximate surface area is 234 Å². The molecule has 2 heterocycles. The predicted octanol–water partition coefficient (Wildman–Crippen LogP) is 3.76. The number of imide groups is 2. The number of fused-ring (bicyclic) bond motifs is 1. The summed E-state index contributed by atoms with van der Waals surface area (Å²) < 4.78 is 5.14. The minimum absolute atomic E-state index is 0.0405. The molecule has 2 aliphatic heterocycles. The summed E-state index contributed by atoms with van der Waals surface area (Å²) in [5.74, 6) is -1.41. The maximum absolute atomic E-state index is 13.4. The molecule has 3 aromatic carbocycles. The van der Waals surface area contributed by atoms with Crippen molar-refractivity contribution in [3.05, 3.63) is 106 Å². The van der Waals surface area contributed by atoms with Crippen molar-refractivity contribution in [2.45, 2.75) is 12.5 Å². The highest BCUT2D eigenvalue weighted by molar-refractivity contribution is 8.18. The first-order valence-electron chi connectivity index (χ1n) is 12.6. The first kappa shape index (κ1) is 26.9. The Morgan fingerprint density at radius 3 is 2.12 bits per heavy atom. The van der Waals surface area contributed by atoms with Gasteiger partial charge in [0.2, 0.25) is 5.91 Å². The Balaban J connectivity index is 1.27. The molecule has 1 N–H and O–H groups in total. The molecule has 10 heteroatoms. The number of nitrogens with one attached hydrogen (secondary N) is 1. The van der Waals surface area contributed by atoms with Crippen LogP contribution in [-0.2, 0) is 16.0 Å². The zero-order valence-corrected chi connectivity index (χ0v) is 22.4. The summed E-state index contributed by atoms with van der Waals surface area (Å²) in [6.07, 6.45) is 1.74. The number of thioether (sulfide) groups is 1. The van der Waals surface area contributed by atoms with Gasteiger partial charge in [0.1, 0.15) is 11.8 Å². The van der Waals surface area contributed by atoms with E-state index >= 15 is 0 Å². The largest absolute Gasteiger partial charge is 0.497 e. The van der Waals surface area contributed by atoms with Crippen LogP contribution in [0.3, 0.4) is 0 Å². The van der Waals surface area contributed by atoms with Gasteiger partial charge in [0.05, 0.1) is 23.1 Å². The van der Waals surface area contributed by atoms with Gasteiger partial charge in [-0.15, -0.1) is 0 Å². The molecule has 2 aliphatic rings. The lowest BCUT2D eigenvalue weighted by atomic mass is 10.0. The molecule has 0 unspecified atom stereocenters. The topological polar surface area (TPSA) is 113 Å². The third-order valence-electron chi connectivity index (χ3n) is 6.63. The van der Waals surface area contributed by atoms with Crippen LogP contribution in [0.4, 0.5) is 4.79 Å². The summed E-state index contributed by atoms with van der Waals surface area (Å²) in [5.41, 5.74) is 2.01. The van der Waals surface area contributed by atoms with Gasteiger partial charge in [-0.2, -0.15) is 0 Å². The van der Waals surface area contributed by atoms with Crippen molar-refractivity contribution in [3.63, 3.8) is 0 Å². The second-order valence-corrected chi connectivity index (χ2v) is 10.1. The van der Waals surface area contributed by atoms with Crippen LogP contribution in [-0.4, -0.2) is 64.9 Å². The fraction of sp³-hybridized carbons (Fsp3) is 0.167. The minimum atomic E-state index is -1.11. The average Bonchev–Trinajstić information content (AvgIpc) is 3.39. The van der Waals surface area contributed by atoms with Crippen molar-refractivity contribution in [2.75, 3.05) is 20.2 Å². The molecule has 0 radical (unpaired) electrons. The minimum Gasteiger partial charge on any atom is -0.497 e. The molecule has 1 fully saturated rings. The van der Waals surface area contributed by atoms with Gasteiger partial charge in [-0.05, 0) is 53.2 Å². The standard InChI is InChI=1S/C30H25N3O6S/c1-39-21-13-11-20(12-14-21)18-25-29(37)32(30(38)40-25)16-15-31-26(34)24(17-19-7-3-2-4-8-19)33-27(35)22-9-5-6-10-23(22)28(33)36/h2-14,18,24H,15-17H2,1H3,(H,31,34)/b25-18+/t24-/m0/s1. The van der Waals surface area contributed by atoms with Gasteiger partial charge < -0.3 is 10.1 Å². The molecule has 0 bridgehead atoms. The summed E-state index contributed by atoms with van der Waals surface area (Å²) in [5, 5.41) is 2.27. The number of carbonyl (C=O) groups is 5. The van der Waals surface area contributed by atoms with Gasteiger partial charge in [0.25, 0.3) is 23.0 Å². The molecular formula is C30H25N3O6S. The van der Waals surface area contributed by atoms with Crippen molar-refractivity contribution in [1.29, 1.82) is 0 Å². The monoisotopic (exact) mass is 555 g/mol. The first-order chi connectivity index (χ1) is 19.4. The molecule has 202 valence electrons. The first-order valence-corrected chi connectivity index (χ1v) is 13.4. The van der Waals surface area contributed by atoms with Crippen molar-refractivity contribution in [2.24, 2.45) is 0 Å². The smallest absolute Gasteiger partial charge is 0.293 e. The van der Waals surface area contributed by atoms with Gasteiger partial charge in [-0.3, -0.25) is 33.8 Å². The van der Waals surface area contributed by atoms with Crippen LogP contribution in [0.5, 0.6) is 5.75 Å². The SMILES string of the molecule is COc1ccc(/C=C2/SC(=O)N(CCNC(=O)[C@H](Cc3ccccc3)N3C(=O)c4ccccc4C3=O)C2=O)cc1. The van der Waals surface area contributed by atoms with Gasteiger partial charge in [-0.1, -0.05) is 54.6 Å². The maximum atomic E-state index is 13.4. The number of nitrogens with zero attached hydrogens (tertiary/aromatic N) is 2. The van der Waals surface area contributed by atoms with E-state index in [0.717, 1.165) is 32.7 Å². The van der Waals surface area contributed by atoms with Gasteiger partial charge in [0.15, 0.2) is 0 Å². The zero-order chi connectivity index (χ0) is 28.2. The fourth-order valence-electron chi connectivity index (χ4n) is 4.58. The van der Waals surface area contributed by atoms with Gasteiger partial charge in [-0.25, -0.2) is 0 Å². The molecule has 3 aromatic rings. The quantitative estimate of drug-likeness (QED) is 0.316. The Morgan fingerprint density at radius 1 is 0.875 bits per heavy atom. The number of benzene rings is 3. The summed E-state index contributed by atoms with van der Waals surface area (Å²) in [6.45, 7) is -0.0995. The highest BCUT2D eigenvalue weighted by Crippen LogP contribution is 2.32. The Kier molecular flexibility index (Phi) is 7.79. The summed E-state index contributed by atoms with van der Waals surface area (Å²) >= 11 is 0.824. The number of carbonyl (C=O) groups excluding carboxylic acids is 5. The highest BCUT2D eigenvalue weighted by atomic mass is 32.2. The zero-order valence-electron chi connectivity index (χ0n) is 21.5. The van der Waals surface area contributed by atoms with Crippen LogP contribution < -0.4 is 10.1 Å². The number of hydrogen-bond donors (Lipinski definition) is 1. The molecule has 5 rings (SSSR count). The number of amides is 5. The predicted molar refractivity (Wildman–Crippen MR) is 150 cm³/mol. The van der Waals surface area contributed by atoms with E-state index in [1.807, 2.05) is 30.3 Å². The third kappa shape index (κ3) is 5.39. The van der Waals surface area contributed by atoms with E-state index in [4.69, 9.17) is 4.74 Å². The average molecular weight is 556 g/mol. The van der Waals surface area contributed by atoms with Crippen LogP contribution in [0.1, 0.15) is 31.8 Å². The van der Waals surface area contributed by atoms with Crippen molar-refractivity contribution < 1.29 is 28.7 Å². The lowest BCUT2D eigenvalue weighted by Crippen LogP contribution is -2.51. The van der Waals surface area contributed by atoms with Gasteiger partial charge >= 0.3 is 0 Å². The van der Waals surface area contributed by atoms with Gasteiger partial charge in [0, 0.05) is 19.5 Å². The lowest BCUT2D eigenvalue weighted by molar-refractivity contribution is -0.126. The van der Waals surface area contributed by atoms with E-state index in [9.17, 15) is 24.0 Å². The Bertz CT molecular complexity index is 1480. The van der Waals surface area contributed by atoms with Crippen molar-refractivity contribution in [1.82, 2.24) is 15.1 Å². The molecule has 1 atom stereocenters. The molecule has 0 spiro atoms. The van der Waals surface area contributed by atoms with E-state index in [1.165, 1.54) is 0 Å². The van der Waals surface area contributed by atoms with Crippen LogP contribution in [0.15, 0.2) is 83.8 Å². The summed E-state index contributed by atoms with van der Waals surface area (Å²) in [7, 11) is 1.56. The molecule has 9 nitrogen and oxygen atoms in total. The lowest BCUT2D eigenvalue weighted by Gasteiger charge is -2.26. The second kappa shape index (κ2) is 11.6.